The Labute approximate surface area is 118 Å². The highest BCUT2D eigenvalue weighted by molar-refractivity contribution is 9.10. The smallest absolute Gasteiger partial charge is 0.157 e. The van der Waals surface area contributed by atoms with E-state index < -0.39 is 0 Å². The zero-order chi connectivity index (χ0) is 13.2. The van der Waals surface area contributed by atoms with Gasteiger partial charge in [-0.05, 0) is 17.5 Å². The molecule has 1 aromatic heterocycles. The van der Waals surface area contributed by atoms with Crippen molar-refractivity contribution in [3.8, 4) is 0 Å². The fourth-order valence-electron chi connectivity index (χ4n) is 1.94. The van der Waals surface area contributed by atoms with Crippen molar-refractivity contribution in [3.63, 3.8) is 0 Å². The first kappa shape index (κ1) is 11.9. The average Bonchev–Trinajstić information content (AvgIpc) is 2.44. The highest BCUT2D eigenvalue weighted by Crippen LogP contribution is 2.32. The van der Waals surface area contributed by atoms with Crippen LogP contribution in [0.5, 0.6) is 0 Å². The van der Waals surface area contributed by atoms with Gasteiger partial charge in [0, 0.05) is 15.5 Å². The molecule has 0 unspecified atom stereocenters. The van der Waals surface area contributed by atoms with Gasteiger partial charge in [-0.2, -0.15) is 0 Å². The molecule has 0 aliphatic heterocycles. The monoisotopic (exact) mass is 314 g/mol. The van der Waals surface area contributed by atoms with E-state index in [0.29, 0.717) is 11.5 Å². The number of fused-ring (bicyclic) bond motifs is 1. The minimum absolute atomic E-state index is 0.523. The molecule has 0 bridgehead atoms. The number of halogens is 1. The standard InChI is InChI=1S/C14H11BrN4/c15-11-5-6-13(10-4-2-1-3-9(10)11)19-14-12(16)7-17-8-18-14/h1-8H,16H2,(H,17,18,19). The number of rotatable bonds is 2. The molecule has 0 saturated carbocycles. The van der Waals surface area contributed by atoms with E-state index in [1.54, 1.807) is 6.20 Å². The molecule has 0 fully saturated rings. The second-order valence-corrected chi connectivity index (χ2v) is 4.95. The van der Waals surface area contributed by atoms with Gasteiger partial charge >= 0.3 is 0 Å². The Balaban J connectivity index is 2.12. The Morgan fingerprint density at radius 2 is 1.84 bits per heavy atom. The van der Waals surface area contributed by atoms with Crippen LogP contribution in [-0.4, -0.2) is 9.97 Å². The molecule has 4 nitrogen and oxygen atoms in total. The molecule has 0 amide bonds. The molecule has 0 atom stereocenters. The lowest BCUT2D eigenvalue weighted by Crippen LogP contribution is -2.00. The molecule has 3 rings (SSSR count). The van der Waals surface area contributed by atoms with Crippen LogP contribution < -0.4 is 11.1 Å². The Morgan fingerprint density at radius 1 is 1.05 bits per heavy atom. The largest absolute Gasteiger partial charge is 0.394 e. The number of nitrogens with one attached hydrogen (secondary N) is 1. The van der Waals surface area contributed by atoms with Crippen LogP contribution in [0, 0.1) is 0 Å². The maximum Gasteiger partial charge on any atom is 0.157 e. The summed E-state index contributed by atoms with van der Waals surface area (Å²) in [5.74, 6) is 0.613. The molecular weight excluding hydrogens is 304 g/mol. The highest BCUT2D eigenvalue weighted by atomic mass is 79.9. The number of hydrogen-bond acceptors (Lipinski definition) is 4. The van der Waals surface area contributed by atoms with Crippen molar-refractivity contribution < 1.29 is 0 Å². The molecule has 0 radical (unpaired) electrons. The lowest BCUT2D eigenvalue weighted by molar-refractivity contribution is 1.17. The second-order valence-electron chi connectivity index (χ2n) is 4.09. The van der Waals surface area contributed by atoms with E-state index in [2.05, 4.69) is 43.3 Å². The van der Waals surface area contributed by atoms with E-state index in [-0.39, 0.29) is 0 Å². The van der Waals surface area contributed by atoms with E-state index >= 15 is 0 Å². The Hall–Kier alpha value is -2.14. The minimum Gasteiger partial charge on any atom is -0.394 e. The fraction of sp³-hybridized carbons (Fsp3) is 0. The summed E-state index contributed by atoms with van der Waals surface area (Å²) in [6.07, 6.45) is 3.05. The highest BCUT2D eigenvalue weighted by Gasteiger charge is 2.06. The molecular formula is C14H11BrN4. The maximum absolute atomic E-state index is 5.85. The number of hydrogen-bond donors (Lipinski definition) is 2. The van der Waals surface area contributed by atoms with Crippen LogP contribution in [-0.2, 0) is 0 Å². The first-order valence-electron chi connectivity index (χ1n) is 5.75. The molecule has 1 heterocycles. The van der Waals surface area contributed by atoms with Crippen molar-refractivity contribution in [3.05, 3.63) is 53.4 Å². The number of nitrogens with two attached hydrogens (primary N) is 1. The summed E-state index contributed by atoms with van der Waals surface area (Å²) in [6.45, 7) is 0. The van der Waals surface area contributed by atoms with Crippen LogP contribution in [0.1, 0.15) is 0 Å². The Morgan fingerprint density at radius 3 is 2.63 bits per heavy atom. The minimum atomic E-state index is 0.523. The van der Waals surface area contributed by atoms with Crippen molar-refractivity contribution in [2.45, 2.75) is 0 Å². The van der Waals surface area contributed by atoms with Gasteiger partial charge in [-0.25, -0.2) is 9.97 Å². The lowest BCUT2D eigenvalue weighted by atomic mass is 10.1. The first-order chi connectivity index (χ1) is 9.25. The van der Waals surface area contributed by atoms with Crippen molar-refractivity contribution in [1.82, 2.24) is 9.97 Å². The third-order valence-corrected chi connectivity index (χ3v) is 3.56. The SMILES string of the molecule is Nc1cncnc1Nc1ccc(Br)c2ccccc12. The van der Waals surface area contributed by atoms with Crippen LogP contribution in [0.2, 0.25) is 0 Å². The molecule has 0 saturated heterocycles. The van der Waals surface area contributed by atoms with E-state index in [1.807, 2.05) is 24.3 Å². The predicted octanol–water partition coefficient (Wildman–Crippen LogP) is 3.72. The number of aromatic nitrogens is 2. The Bertz CT molecular complexity index is 742. The average molecular weight is 315 g/mol. The molecule has 19 heavy (non-hydrogen) atoms. The fourth-order valence-corrected chi connectivity index (χ4v) is 2.42. The van der Waals surface area contributed by atoms with Crippen molar-refractivity contribution in [2.24, 2.45) is 0 Å². The third kappa shape index (κ3) is 2.24. The van der Waals surface area contributed by atoms with Gasteiger partial charge in [-0.15, -0.1) is 0 Å². The Kier molecular flexibility index (Phi) is 3.05. The summed E-state index contributed by atoms with van der Waals surface area (Å²) in [5, 5.41) is 5.49. The molecule has 2 aromatic carbocycles. The molecule has 0 aliphatic carbocycles. The van der Waals surface area contributed by atoms with E-state index in [9.17, 15) is 0 Å². The zero-order valence-electron chi connectivity index (χ0n) is 9.97. The number of nitrogen functional groups attached to an aromatic ring is 1. The molecule has 0 spiro atoms. The van der Waals surface area contributed by atoms with Crippen molar-refractivity contribution >= 4 is 43.9 Å². The van der Waals surface area contributed by atoms with Gasteiger partial charge in [0.05, 0.1) is 11.9 Å². The normalized spacial score (nSPS) is 10.6. The van der Waals surface area contributed by atoms with Gasteiger partial charge in [0.25, 0.3) is 0 Å². The molecule has 3 N–H and O–H groups in total. The van der Waals surface area contributed by atoms with Crippen LogP contribution >= 0.6 is 15.9 Å². The third-order valence-electron chi connectivity index (χ3n) is 2.86. The molecule has 5 heteroatoms. The van der Waals surface area contributed by atoms with Crippen molar-refractivity contribution in [2.75, 3.05) is 11.1 Å². The van der Waals surface area contributed by atoms with Crippen LogP contribution in [0.25, 0.3) is 10.8 Å². The van der Waals surface area contributed by atoms with Crippen LogP contribution in [0.15, 0.2) is 53.4 Å². The zero-order valence-corrected chi connectivity index (χ0v) is 11.6. The molecule has 3 aromatic rings. The van der Waals surface area contributed by atoms with E-state index in [0.717, 1.165) is 20.9 Å². The topological polar surface area (TPSA) is 63.8 Å². The van der Waals surface area contributed by atoms with Crippen LogP contribution in [0.4, 0.5) is 17.2 Å². The van der Waals surface area contributed by atoms with Crippen LogP contribution in [0.3, 0.4) is 0 Å². The maximum atomic E-state index is 5.85. The lowest BCUT2D eigenvalue weighted by Gasteiger charge is -2.11. The van der Waals surface area contributed by atoms with Crippen molar-refractivity contribution in [1.29, 1.82) is 0 Å². The summed E-state index contributed by atoms with van der Waals surface area (Å²) in [6, 6.07) is 12.1. The summed E-state index contributed by atoms with van der Waals surface area (Å²) in [7, 11) is 0. The number of anilines is 3. The van der Waals surface area contributed by atoms with Gasteiger partial charge in [0.15, 0.2) is 5.82 Å². The first-order valence-corrected chi connectivity index (χ1v) is 6.55. The quantitative estimate of drug-likeness (QED) is 0.756. The summed E-state index contributed by atoms with van der Waals surface area (Å²) >= 11 is 3.55. The van der Waals surface area contributed by atoms with E-state index in [4.69, 9.17) is 5.73 Å². The van der Waals surface area contributed by atoms with Gasteiger partial charge in [0.1, 0.15) is 6.33 Å². The predicted molar refractivity (Wildman–Crippen MR) is 81.4 cm³/mol. The summed E-state index contributed by atoms with van der Waals surface area (Å²) in [5.41, 5.74) is 7.33. The molecule has 0 aliphatic rings. The van der Waals surface area contributed by atoms with Gasteiger partial charge < -0.3 is 11.1 Å². The summed E-state index contributed by atoms with van der Waals surface area (Å²) in [4.78, 5) is 8.02. The number of nitrogens with zero attached hydrogens (tertiary/aromatic N) is 2. The van der Waals surface area contributed by atoms with Gasteiger partial charge in [0.2, 0.25) is 0 Å². The van der Waals surface area contributed by atoms with E-state index in [1.165, 1.54) is 6.33 Å². The summed E-state index contributed by atoms with van der Waals surface area (Å²) < 4.78 is 1.06. The van der Waals surface area contributed by atoms with Gasteiger partial charge in [-0.3, -0.25) is 0 Å². The molecule has 94 valence electrons. The van der Waals surface area contributed by atoms with Gasteiger partial charge in [-0.1, -0.05) is 40.2 Å². The second kappa shape index (κ2) is 4.85. The number of benzene rings is 2.